The lowest BCUT2D eigenvalue weighted by Crippen LogP contribution is -2.13. The van der Waals surface area contributed by atoms with Crippen LogP contribution in [0, 0.1) is 5.82 Å². The van der Waals surface area contributed by atoms with Gasteiger partial charge in [0.05, 0.1) is 35.3 Å². The molecule has 152 valence electrons. The van der Waals surface area contributed by atoms with Crippen molar-refractivity contribution in [1.82, 2.24) is 24.5 Å². The zero-order chi connectivity index (χ0) is 21.5. The molecule has 3 heterocycles. The van der Waals surface area contributed by atoms with E-state index in [-0.39, 0.29) is 11.6 Å². The van der Waals surface area contributed by atoms with Gasteiger partial charge in [-0.1, -0.05) is 18.2 Å². The first kappa shape index (κ1) is 18.8. The second-order valence-electron chi connectivity index (χ2n) is 7.24. The Balaban J connectivity index is 1.57. The van der Waals surface area contributed by atoms with Gasteiger partial charge in [0.1, 0.15) is 5.82 Å². The molecule has 1 unspecified atom stereocenters. The van der Waals surface area contributed by atoms with Gasteiger partial charge in [-0.25, -0.2) is 19.3 Å². The van der Waals surface area contributed by atoms with E-state index < -0.39 is 11.7 Å². The van der Waals surface area contributed by atoms with Gasteiger partial charge in [0.2, 0.25) is 0 Å². The molecule has 7 nitrogen and oxygen atoms in total. The molecule has 0 spiro atoms. The van der Waals surface area contributed by atoms with E-state index in [4.69, 9.17) is 5.73 Å². The molecule has 5 aromatic rings. The first-order valence-corrected chi connectivity index (χ1v) is 9.65. The lowest BCUT2D eigenvalue weighted by atomic mass is 10.1. The number of nitrogens with two attached hydrogens (primary N) is 1. The fourth-order valence-corrected chi connectivity index (χ4v) is 3.62. The standard InChI is InChI=1S/C23H17FN6O/c1-13(14-5-7-19-15(9-14)3-2-8-26-19)30-12-28-22-23(30)29-20(11-27-22)16-4-6-17(21(25)31)18(24)10-16/h2-13H,1H3,(H2,25,31). The van der Waals surface area contributed by atoms with Crippen LogP contribution in [0.1, 0.15) is 28.9 Å². The molecule has 31 heavy (non-hydrogen) atoms. The van der Waals surface area contributed by atoms with Crippen molar-refractivity contribution >= 4 is 28.1 Å². The fraction of sp³-hybridized carbons (Fsp3) is 0.0870. The Hall–Kier alpha value is -4.20. The highest BCUT2D eigenvalue weighted by atomic mass is 19.1. The van der Waals surface area contributed by atoms with Gasteiger partial charge in [0.15, 0.2) is 11.3 Å². The van der Waals surface area contributed by atoms with Crippen LogP contribution in [-0.4, -0.2) is 30.4 Å². The molecule has 0 aliphatic heterocycles. The van der Waals surface area contributed by atoms with Gasteiger partial charge < -0.3 is 10.3 Å². The molecule has 2 N–H and O–H groups in total. The number of benzene rings is 2. The highest BCUT2D eigenvalue weighted by molar-refractivity contribution is 5.93. The monoisotopic (exact) mass is 412 g/mol. The van der Waals surface area contributed by atoms with E-state index >= 15 is 0 Å². The normalized spacial score (nSPS) is 12.3. The summed E-state index contributed by atoms with van der Waals surface area (Å²) in [4.78, 5) is 29.1. The van der Waals surface area contributed by atoms with E-state index in [1.165, 1.54) is 18.3 Å². The third-order valence-electron chi connectivity index (χ3n) is 5.34. The lowest BCUT2D eigenvalue weighted by Gasteiger charge is -2.15. The average molecular weight is 412 g/mol. The zero-order valence-corrected chi connectivity index (χ0v) is 16.5. The predicted octanol–water partition coefficient (Wildman–Crippen LogP) is 3.89. The van der Waals surface area contributed by atoms with Crippen LogP contribution < -0.4 is 5.73 Å². The topological polar surface area (TPSA) is 99.6 Å². The number of rotatable bonds is 4. The Morgan fingerprint density at radius 3 is 2.77 bits per heavy atom. The average Bonchev–Trinajstić information content (AvgIpc) is 3.21. The third-order valence-corrected chi connectivity index (χ3v) is 5.34. The van der Waals surface area contributed by atoms with Crippen LogP contribution in [0.3, 0.4) is 0 Å². The van der Waals surface area contributed by atoms with Gasteiger partial charge in [-0.2, -0.15) is 0 Å². The van der Waals surface area contributed by atoms with Crippen LogP contribution in [0.4, 0.5) is 4.39 Å². The summed E-state index contributed by atoms with van der Waals surface area (Å²) in [7, 11) is 0. The molecular weight excluding hydrogens is 395 g/mol. The van der Waals surface area contributed by atoms with Crippen molar-refractivity contribution in [3.8, 4) is 11.3 Å². The summed E-state index contributed by atoms with van der Waals surface area (Å²) >= 11 is 0. The molecule has 0 bridgehead atoms. The predicted molar refractivity (Wildman–Crippen MR) is 115 cm³/mol. The number of primary amides is 1. The van der Waals surface area contributed by atoms with Crippen molar-refractivity contribution in [3.63, 3.8) is 0 Å². The first-order valence-electron chi connectivity index (χ1n) is 9.65. The van der Waals surface area contributed by atoms with Gasteiger partial charge in [-0.05, 0) is 42.8 Å². The Morgan fingerprint density at radius 2 is 1.97 bits per heavy atom. The molecule has 1 amide bonds. The van der Waals surface area contributed by atoms with Crippen LogP contribution >= 0.6 is 0 Å². The summed E-state index contributed by atoms with van der Waals surface area (Å²) in [5, 5.41) is 1.05. The van der Waals surface area contributed by atoms with Crippen molar-refractivity contribution in [3.05, 3.63) is 84.2 Å². The molecule has 0 saturated carbocycles. The molecular formula is C23H17FN6O. The van der Waals surface area contributed by atoms with Crippen LogP contribution in [0.2, 0.25) is 0 Å². The van der Waals surface area contributed by atoms with Gasteiger partial charge in [-0.3, -0.25) is 9.78 Å². The molecule has 1 atom stereocenters. The Labute approximate surface area is 176 Å². The number of hydrogen-bond donors (Lipinski definition) is 1. The molecule has 0 aliphatic carbocycles. The number of nitrogens with zero attached hydrogens (tertiary/aromatic N) is 5. The number of amides is 1. The number of halogens is 1. The maximum absolute atomic E-state index is 14.2. The minimum absolute atomic E-state index is 0.0619. The zero-order valence-electron chi connectivity index (χ0n) is 16.5. The van der Waals surface area contributed by atoms with Gasteiger partial charge >= 0.3 is 0 Å². The Bertz CT molecular complexity index is 1460. The molecule has 3 aromatic heterocycles. The SMILES string of the molecule is CC(c1ccc2ncccc2c1)n1cnc2ncc(-c3ccc(C(N)=O)c(F)c3)nc21. The minimum atomic E-state index is -0.817. The Kier molecular flexibility index (Phi) is 4.39. The number of carbonyl (C=O) groups is 1. The maximum Gasteiger partial charge on any atom is 0.251 e. The summed E-state index contributed by atoms with van der Waals surface area (Å²) in [5.41, 5.74) is 9.06. The fourth-order valence-electron chi connectivity index (χ4n) is 3.62. The van der Waals surface area contributed by atoms with Gasteiger partial charge in [-0.15, -0.1) is 0 Å². The first-order chi connectivity index (χ1) is 15.0. The number of fused-ring (bicyclic) bond motifs is 2. The molecule has 5 rings (SSSR count). The van der Waals surface area contributed by atoms with Crippen molar-refractivity contribution in [2.75, 3.05) is 0 Å². The lowest BCUT2D eigenvalue weighted by molar-refractivity contribution is 0.0996. The molecule has 0 fully saturated rings. The van der Waals surface area contributed by atoms with Crippen molar-refractivity contribution in [2.45, 2.75) is 13.0 Å². The minimum Gasteiger partial charge on any atom is -0.366 e. The van der Waals surface area contributed by atoms with Crippen LogP contribution in [-0.2, 0) is 0 Å². The maximum atomic E-state index is 14.2. The van der Waals surface area contributed by atoms with E-state index in [9.17, 15) is 9.18 Å². The number of imidazole rings is 1. The third kappa shape index (κ3) is 3.28. The van der Waals surface area contributed by atoms with E-state index in [0.29, 0.717) is 22.6 Å². The highest BCUT2D eigenvalue weighted by Gasteiger charge is 2.16. The van der Waals surface area contributed by atoms with Gasteiger partial charge in [0.25, 0.3) is 5.91 Å². The number of hydrogen-bond acceptors (Lipinski definition) is 5. The van der Waals surface area contributed by atoms with E-state index in [1.807, 2.05) is 35.8 Å². The van der Waals surface area contributed by atoms with Gasteiger partial charge in [0, 0.05) is 17.1 Å². The van der Waals surface area contributed by atoms with Crippen LogP contribution in [0.5, 0.6) is 0 Å². The van der Waals surface area contributed by atoms with E-state index in [2.05, 4.69) is 26.0 Å². The van der Waals surface area contributed by atoms with Crippen LogP contribution in [0.15, 0.2) is 67.3 Å². The van der Waals surface area contributed by atoms with Crippen LogP contribution in [0.25, 0.3) is 33.5 Å². The number of pyridine rings is 1. The molecule has 0 saturated heterocycles. The second-order valence-corrected chi connectivity index (χ2v) is 7.24. The summed E-state index contributed by atoms with van der Waals surface area (Å²) in [6.45, 7) is 2.05. The smallest absolute Gasteiger partial charge is 0.251 e. The Morgan fingerprint density at radius 1 is 1.10 bits per heavy atom. The van der Waals surface area contributed by atoms with E-state index in [1.54, 1.807) is 18.6 Å². The summed E-state index contributed by atoms with van der Waals surface area (Å²) in [6, 6.07) is 14.2. The second kappa shape index (κ2) is 7.24. The summed E-state index contributed by atoms with van der Waals surface area (Å²) in [5.74, 6) is -1.51. The van der Waals surface area contributed by atoms with Crippen molar-refractivity contribution < 1.29 is 9.18 Å². The highest BCUT2D eigenvalue weighted by Crippen LogP contribution is 2.26. The van der Waals surface area contributed by atoms with Crippen molar-refractivity contribution in [2.24, 2.45) is 5.73 Å². The molecule has 0 aliphatic rings. The van der Waals surface area contributed by atoms with Crippen molar-refractivity contribution in [1.29, 1.82) is 0 Å². The molecule has 2 aromatic carbocycles. The number of carbonyl (C=O) groups excluding carboxylic acids is 1. The largest absolute Gasteiger partial charge is 0.366 e. The quantitative estimate of drug-likeness (QED) is 0.483. The number of aromatic nitrogens is 5. The molecule has 8 heteroatoms. The summed E-state index contributed by atoms with van der Waals surface area (Å²) < 4.78 is 16.2. The molecule has 0 radical (unpaired) electrons. The summed E-state index contributed by atoms with van der Waals surface area (Å²) in [6.07, 6.45) is 5.00. The van der Waals surface area contributed by atoms with E-state index in [0.717, 1.165) is 16.5 Å².